The fourth-order valence-corrected chi connectivity index (χ4v) is 2.98. The van der Waals surface area contributed by atoms with Crippen molar-refractivity contribution in [2.24, 2.45) is 0 Å². The second kappa shape index (κ2) is 6.41. The van der Waals surface area contributed by atoms with Crippen LogP contribution in [-0.4, -0.2) is 17.2 Å². The van der Waals surface area contributed by atoms with Crippen molar-refractivity contribution in [3.8, 4) is 22.3 Å². The number of aryl methyl sites for hydroxylation is 1. The maximum atomic E-state index is 9.39. The van der Waals surface area contributed by atoms with Gasteiger partial charge in [-0.1, -0.05) is 66.7 Å². The monoisotopic (exact) mass is 302 g/mol. The Kier molecular flexibility index (Phi) is 4.33. The van der Waals surface area contributed by atoms with E-state index >= 15 is 0 Å². The van der Waals surface area contributed by atoms with Gasteiger partial charge < -0.3 is 10.0 Å². The van der Waals surface area contributed by atoms with Crippen LogP contribution in [0.3, 0.4) is 0 Å². The summed E-state index contributed by atoms with van der Waals surface area (Å²) in [6.45, 7) is 4.23. The van der Waals surface area contributed by atoms with Gasteiger partial charge in [0.05, 0.1) is 0 Å². The molecule has 0 fully saturated rings. The van der Waals surface area contributed by atoms with Gasteiger partial charge in [-0.3, -0.25) is 0 Å². The SMILES string of the molecule is Cc1ccccc1-c1cccc(-c2cccc(B(O)O)c2)c1C. The second-order valence-electron chi connectivity index (χ2n) is 5.79. The molecule has 114 valence electrons. The molecule has 2 nitrogen and oxygen atoms in total. The summed E-state index contributed by atoms with van der Waals surface area (Å²) in [5.41, 5.74) is 7.46. The van der Waals surface area contributed by atoms with Crippen molar-refractivity contribution in [3.63, 3.8) is 0 Å². The number of rotatable bonds is 3. The van der Waals surface area contributed by atoms with Crippen molar-refractivity contribution < 1.29 is 10.0 Å². The van der Waals surface area contributed by atoms with Crippen LogP contribution < -0.4 is 5.46 Å². The average Bonchev–Trinajstić information content (AvgIpc) is 2.56. The summed E-state index contributed by atoms with van der Waals surface area (Å²) in [5, 5.41) is 18.8. The second-order valence-corrected chi connectivity index (χ2v) is 5.79. The Morgan fingerprint density at radius 2 is 1.35 bits per heavy atom. The molecule has 0 bridgehead atoms. The highest BCUT2D eigenvalue weighted by molar-refractivity contribution is 6.58. The maximum Gasteiger partial charge on any atom is 0.488 e. The molecule has 3 aromatic rings. The fraction of sp³-hybridized carbons (Fsp3) is 0.100. The lowest BCUT2D eigenvalue weighted by Gasteiger charge is -2.14. The van der Waals surface area contributed by atoms with Gasteiger partial charge in [-0.2, -0.15) is 0 Å². The molecule has 0 aliphatic rings. The van der Waals surface area contributed by atoms with Crippen LogP contribution in [0.4, 0.5) is 0 Å². The van der Waals surface area contributed by atoms with Gasteiger partial charge >= 0.3 is 7.12 Å². The Morgan fingerprint density at radius 1 is 0.696 bits per heavy atom. The van der Waals surface area contributed by atoms with Crippen LogP contribution in [0.15, 0.2) is 66.7 Å². The highest BCUT2D eigenvalue weighted by Crippen LogP contribution is 2.32. The van der Waals surface area contributed by atoms with Crippen molar-refractivity contribution in [3.05, 3.63) is 77.9 Å². The smallest absolute Gasteiger partial charge is 0.423 e. The average molecular weight is 302 g/mol. The lowest BCUT2D eigenvalue weighted by atomic mass is 9.78. The molecule has 0 aliphatic heterocycles. The summed E-state index contributed by atoms with van der Waals surface area (Å²) < 4.78 is 0. The first-order chi connectivity index (χ1) is 11.1. The van der Waals surface area contributed by atoms with Crippen molar-refractivity contribution in [2.75, 3.05) is 0 Å². The third-order valence-corrected chi connectivity index (χ3v) is 4.26. The molecule has 0 aliphatic carbocycles. The van der Waals surface area contributed by atoms with E-state index in [1.165, 1.54) is 22.3 Å². The quantitative estimate of drug-likeness (QED) is 0.729. The van der Waals surface area contributed by atoms with Gasteiger partial charge in [0.2, 0.25) is 0 Å². The van der Waals surface area contributed by atoms with E-state index in [0.29, 0.717) is 5.46 Å². The molecular formula is C20H19BO2. The van der Waals surface area contributed by atoms with Crippen molar-refractivity contribution in [1.29, 1.82) is 0 Å². The molecule has 3 aromatic carbocycles. The van der Waals surface area contributed by atoms with E-state index in [1.54, 1.807) is 6.07 Å². The Bertz CT molecular complexity index is 841. The highest BCUT2D eigenvalue weighted by atomic mass is 16.4. The predicted molar refractivity (Wildman–Crippen MR) is 96.6 cm³/mol. The summed E-state index contributed by atoms with van der Waals surface area (Å²) in [6.07, 6.45) is 0. The first-order valence-electron chi connectivity index (χ1n) is 7.70. The molecule has 3 heteroatoms. The molecule has 0 radical (unpaired) electrons. The molecule has 0 aromatic heterocycles. The lowest BCUT2D eigenvalue weighted by Crippen LogP contribution is -2.29. The largest absolute Gasteiger partial charge is 0.488 e. The molecule has 2 N–H and O–H groups in total. The van der Waals surface area contributed by atoms with Crippen LogP contribution >= 0.6 is 0 Å². The predicted octanol–water partition coefficient (Wildman–Crippen LogP) is 3.32. The van der Waals surface area contributed by atoms with Crippen LogP contribution in [0, 0.1) is 13.8 Å². The molecule has 0 heterocycles. The first kappa shape index (κ1) is 15.5. The summed E-state index contributed by atoms with van der Waals surface area (Å²) >= 11 is 0. The highest BCUT2D eigenvalue weighted by Gasteiger charge is 2.13. The van der Waals surface area contributed by atoms with E-state index in [9.17, 15) is 10.0 Å². The maximum absolute atomic E-state index is 9.39. The normalized spacial score (nSPS) is 10.6. The standard InChI is InChI=1S/C20H19BO2/c1-14-7-3-4-10-18(14)20-12-6-11-19(15(20)2)16-8-5-9-17(13-16)21(22)23/h3-13,22-23H,1-2H3. The van der Waals surface area contributed by atoms with Crippen LogP contribution in [0.5, 0.6) is 0 Å². The topological polar surface area (TPSA) is 40.5 Å². The molecule has 3 rings (SSSR count). The zero-order chi connectivity index (χ0) is 16.4. The molecule has 0 amide bonds. The zero-order valence-electron chi connectivity index (χ0n) is 13.3. The van der Waals surface area contributed by atoms with Crippen LogP contribution in [-0.2, 0) is 0 Å². The van der Waals surface area contributed by atoms with Gasteiger partial charge in [0.15, 0.2) is 0 Å². The molecule has 0 spiro atoms. The lowest BCUT2D eigenvalue weighted by molar-refractivity contribution is 0.426. The molecular weight excluding hydrogens is 283 g/mol. The summed E-state index contributed by atoms with van der Waals surface area (Å²) in [4.78, 5) is 0. The summed E-state index contributed by atoms with van der Waals surface area (Å²) in [7, 11) is -1.45. The van der Waals surface area contributed by atoms with Crippen molar-refractivity contribution >= 4 is 12.6 Å². The van der Waals surface area contributed by atoms with E-state index in [0.717, 1.165) is 11.1 Å². The fourth-order valence-electron chi connectivity index (χ4n) is 2.98. The number of hydrogen-bond acceptors (Lipinski definition) is 2. The van der Waals surface area contributed by atoms with E-state index < -0.39 is 7.12 Å². The van der Waals surface area contributed by atoms with Gasteiger partial charge in [0, 0.05) is 0 Å². The van der Waals surface area contributed by atoms with Crippen LogP contribution in [0.25, 0.3) is 22.3 Å². The van der Waals surface area contributed by atoms with Crippen LogP contribution in [0.1, 0.15) is 11.1 Å². The minimum Gasteiger partial charge on any atom is -0.423 e. The van der Waals surface area contributed by atoms with Crippen molar-refractivity contribution in [1.82, 2.24) is 0 Å². The van der Waals surface area contributed by atoms with Gasteiger partial charge in [-0.15, -0.1) is 0 Å². The molecule has 0 unspecified atom stereocenters. The summed E-state index contributed by atoms with van der Waals surface area (Å²) in [6, 6.07) is 22.0. The first-order valence-corrected chi connectivity index (χ1v) is 7.70. The Hall–Kier alpha value is -2.36. The van der Waals surface area contributed by atoms with E-state index in [4.69, 9.17) is 0 Å². The van der Waals surface area contributed by atoms with Gasteiger partial charge in [-0.25, -0.2) is 0 Å². The third-order valence-electron chi connectivity index (χ3n) is 4.26. The molecule has 0 atom stereocenters. The third kappa shape index (κ3) is 3.07. The van der Waals surface area contributed by atoms with Gasteiger partial charge in [0.1, 0.15) is 0 Å². The van der Waals surface area contributed by atoms with E-state index in [2.05, 4.69) is 44.2 Å². The molecule has 0 saturated carbocycles. The van der Waals surface area contributed by atoms with Crippen molar-refractivity contribution in [2.45, 2.75) is 13.8 Å². The zero-order valence-corrected chi connectivity index (χ0v) is 13.3. The van der Waals surface area contributed by atoms with Gasteiger partial charge in [-0.05, 0) is 52.7 Å². The molecule has 0 saturated heterocycles. The summed E-state index contributed by atoms with van der Waals surface area (Å²) in [5.74, 6) is 0. The minimum atomic E-state index is -1.45. The Balaban J connectivity index is 2.14. The minimum absolute atomic E-state index is 0.503. The van der Waals surface area contributed by atoms with Gasteiger partial charge in [0.25, 0.3) is 0 Å². The van der Waals surface area contributed by atoms with E-state index in [-0.39, 0.29) is 0 Å². The Morgan fingerprint density at radius 3 is 2.09 bits per heavy atom. The number of benzene rings is 3. The van der Waals surface area contributed by atoms with E-state index in [1.807, 2.05) is 30.3 Å². The Labute approximate surface area is 137 Å². The van der Waals surface area contributed by atoms with Crippen LogP contribution in [0.2, 0.25) is 0 Å². The number of hydrogen-bond donors (Lipinski definition) is 2. The molecule has 23 heavy (non-hydrogen) atoms.